The van der Waals surface area contributed by atoms with E-state index in [2.05, 4.69) is 25.1 Å². The zero-order chi connectivity index (χ0) is 13.7. The van der Waals surface area contributed by atoms with Crippen molar-refractivity contribution in [2.75, 3.05) is 12.0 Å². The van der Waals surface area contributed by atoms with Crippen molar-refractivity contribution in [1.29, 1.82) is 0 Å². The fraction of sp³-hybridized carbons (Fsp3) is 0.200. The first-order chi connectivity index (χ1) is 9.13. The van der Waals surface area contributed by atoms with Gasteiger partial charge in [-0.15, -0.1) is 0 Å². The molecule has 102 valence electrons. The third kappa shape index (κ3) is 3.28. The predicted molar refractivity (Wildman–Crippen MR) is 69.5 cm³/mol. The number of pyridine rings is 1. The summed E-state index contributed by atoms with van der Waals surface area (Å²) in [7, 11) is -3.65. The van der Waals surface area contributed by atoms with Gasteiger partial charge >= 0.3 is 0 Å². The average molecular weight is 282 g/mol. The Morgan fingerprint density at radius 2 is 2.26 bits per heavy atom. The first-order valence-electron chi connectivity index (χ1n) is 5.52. The van der Waals surface area contributed by atoms with Crippen LogP contribution in [0.3, 0.4) is 0 Å². The second kappa shape index (κ2) is 5.78. The Hall–Kier alpha value is -1.97. The van der Waals surface area contributed by atoms with E-state index in [-0.39, 0.29) is 17.3 Å². The quantitative estimate of drug-likeness (QED) is 0.422. The normalized spacial score (nSPS) is 11.4. The molecule has 0 aliphatic rings. The van der Waals surface area contributed by atoms with Crippen molar-refractivity contribution < 1.29 is 8.42 Å². The summed E-state index contributed by atoms with van der Waals surface area (Å²) >= 11 is 0. The lowest BCUT2D eigenvalue weighted by Gasteiger charge is -2.09. The largest absolute Gasteiger partial charge is 0.348 e. The molecule has 19 heavy (non-hydrogen) atoms. The Labute approximate surface area is 110 Å². The minimum atomic E-state index is -3.65. The lowest BCUT2D eigenvalue weighted by atomic mass is 10.3. The van der Waals surface area contributed by atoms with E-state index >= 15 is 0 Å². The second-order valence-corrected chi connectivity index (χ2v) is 5.45. The standard InChI is InChI=1S/C10H14N6O2S/c11-16-10-9(2-1-4-13-10)19(17,18)15-5-3-8-6-12-7-14-8/h1-2,4,6-7,15H,3,5,11H2,(H,12,14)(H,13,16). The summed E-state index contributed by atoms with van der Waals surface area (Å²) < 4.78 is 26.6. The number of hydrogen-bond acceptors (Lipinski definition) is 6. The van der Waals surface area contributed by atoms with Gasteiger partial charge in [0.2, 0.25) is 10.0 Å². The Morgan fingerprint density at radius 3 is 2.95 bits per heavy atom. The number of nitrogens with zero attached hydrogens (tertiary/aromatic N) is 2. The molecule has 0 aromatic carbocycles. The Balaban J connectivity index is 2.05. The minimum absolute atomic E-state index is 0.0158. The summed E-state index contributed by atoms with van der Waals surface area (Å²) in [6, 6.07) is 2.96. The van der Waals surface area contributed by atoms with E-state index in [1.807, 2.05) is 0 Å². The monoisotopic (exact) mass is 282 g/mol. The van der Waals surface area contributed by atoms with E-state index in [0.717, 1.165) is 5.69 Å². The van der Waals surface area contributed by atoms with Crippen LogP contribution in [0.2, 0.25) is 0 Å². The van der Waals surface area contributed by atoms with Crippen molar-refractivity contribution in [3.8, 4) is 0 Å². The van der Waals surface area contributed by atoms with Gasteiger partial charge in [0.15, 0.2) is 5.82 Å². The highest BCUT2D eigenvalue weighted by atomic mass is 32.2. The van der Waals surface area contributed by atoms with Gasteiger partial charge in [-0.1, -0.05) is 0 Å². The summed E-state index contributed by atoms with van der Waals surface area (Å²) in [6.07, 6.45) is 5.16. The fourth-order valence-corrected chi connectivity index (χ4v) is 2.69. The Bertz CT molecular complexity index is 625. The van der Waals surface area contributed by atoms with Crippen molar-refractivity contribution in [1.82, 2.24) is 19.7 Å². The number of aromatic amines is 1. The van der Waals surface area contributed by atoms with Gasteiger partial charge < -0.3 is 10.4 Å². The van der Waals surface area contributed by atoms with Crippen molar-refractivity contribution in [3.63, 3.8) is 0 Å². The van der Waals surface area contributed by atoms with Crippen LogP contribution >= 0.6 is 0 Å². The SMILES string of the molecule is NNc1ncccc1S(=O)(=O)NCCc1cnc[nH]1. The van der Waals surface area contributed by atoms with Gasteiger partial charge in [-0.2, -0.15) is 0 Å². The van der Waals surface area contributed by atoms with E-state index in [9.17, 15) is 8.42 Å². The van der Waals surface area contributed by atoms with Gasteiger partial charge in [0.1, 0.15) is 4.90 Å². The van der Waals surface area contributed by atoms with Gasteiger partial charge in [-0.05, 0) is 12.1 Å². The van der Waals surface area contributed by atoms with Crippen LogP contribution in [0.1, 0.15) is 5.69 Å². The molecule has 0 unspecified atom stereocenters. The number of rotatable bonds is 6. The van der Waals surface area contributed by atoms with Crippen LogP contribution in [-0.2, 0) is 16.4 Å². The lowest BCUT2D eigenvalue weighted by molar-refractivity contribution is 0.581. The first-order valence-corrected chi connectivity index (χ1v) is 7.00. The molecule has 2 heterocycles. The molecule has 0 radical (unpaired) electrons. The summed E-state index contributed by atoms with van der Waals surface area (Å²) in [4.78, 5) is 10.6. The molecule has 5 N–H and O–H groups in total. The highest BCUT2D eigenvalue weighted by molar-refractivity contribution is 7.89. The maximum Gasteiger partial charge on any atom is 0.244 e. The molecule has 0 aliphatic heterocycles. The molecule has 0 saturated heterocycles. The summed E-state index contributed by atoms with van der Waals surface area (Å²) in [5.41, 5.74) is 3.11. The zero-order valence-corrected chi connectivity index (χ0v) is 10.8. The number of H-pyrrole nitrogens is 1. The molecule has 8 nitrogen and oxygen atoms in total. The van der Waals surface area contributed by atoms with Crippen LogP contribution < -0.4 is 16.0 Å². The number of anilines is 1. The van der Waals surface area contributed by atoms with Crippen LogP contribution in [0.5, 0.6) is 0 Å². The van der Waals surface area contributed by atoms with Gasteiger partial charge in [0, 0.05) is 31.1 Å². The first kappa shape index (κ1) is 13.5. The number of nitrogen functional groups attached to an aromatic ring is 1. The molecule has 2 rings (SSSR count). The highest BCUT2D eigenvalue weighted by Crippen LogP contribution is 2.16. The summed E-state index contributed by atoms with van der Waals surface area (Å²) in [5, 5.41) is 0. The summed E-state index contributed by atoms with van der Waals surface area (Å²) in [5.74, 6) is 5.34. The topological polar surface area (TPSA) is 126 Å². The van der Waals surface area contributed by atoms with Crippen molar-refractivity contribution in [2.24, 2.45) is 5.84 Å². The van der Waals surface area contributed by atoms with Crippen LogP contribution in [0.15, 0.2) is 35.7 Å². The molecule has 0 spiro atoms. The Kier molecular flexibility index (Phi) is 4.10. The molecule has 0 atom stereocenters. The third-order valence-corrected chi connectivity index (χ3v) is 3.93. The van der Waals surface area contributed by atoms with Crippen LogP contribution in [0, 0.1) is 0 Å². The molecule has 2 aromatic heterocycles. The van der Waals surface area contributed by atoms with Gasteiger partial charge in [0.25, 0.3) is 0 Å². The number of aromatic nitrogens is 3. The Morgan fingerprint density at radius 1 is 1.42 bits per heavy atom. The van der Waals surface area contributed by atoms with E-state index in [1.165, 1.54) is 18.3 Å². The molecule has 0 fully saturated rings. The maximum atomic E-state index is 12.1. The summed E-state index contributed by atoms with van der Waals surface area (Å²) in [6.45, 7) is 0.253. The van der Waals surface area contributed by atoms with Gasteiger partial charge in [-0.3, -0.25) is 0 Å². The minimum Gasteiger partial charge on any atom is -0.348 e. The second-order valence-electron chi connectivity index (χ2n) is 3.72. The molecule has 0 bridgehead atoms. The number of nitrogens with two attached hydrogens (primary N) is 1. The molecule has 0 saturated carbocycles. The van der Waals surface area contributed by atoms with Crippen molar-refractivity contribution in [2.45, 2.75) is 11.3 Å². The predicted octanol–water partition coefficient (Wildman–Crippen LogP) is -0.389. The maximum absolute atomic E-state index is 12.1. The molecule has 9 heteroatoms. The number of nitrogens with one attached hydrogen (secondary N) is 3. The van der Waals surface area contributed by atoms with Gasteiger partial charge in [-0.25, -0.2) is 29.0 Å². The van der Waals surface area contributed by atoms with E-state index in [4.69, 9.17) is 5.84 Å². The van der Waals surface area contributed by atoms with E-state index in [1.54, 1.807) is 12.5 Å². The van der Waals surface area contributed by atoms with Crippen LogP contribution in [0.25, 0.3) is 0 Å². The lowest BCUT2D eigenvalue weighted by Crippen LogP contribution is -2.27. The number of hydrogen-bond donors (Lipinski definition) is 4. The molecular formula is C10H14N6O2S. The fourth-order valence-electron chi connectivity index (χ4n) is 1.54. The van der Waals surface area contributed by atoms with Crippen molar-refractivity contribution >= 4 is 15.8 Å². The molecular weight excluding hydrogens is 268 g/mol. The number of hydrazine groups is 1. The molecule has 0 amide bonds. The van der Waals surface area contributed by atoms with Crippen LogP contribution in [-0.4, -0.2) is 29.9 Å². The van der Waals surface area contributed by atoms with Gasteiger partial charge in [0.05, 0.1) is 6.33 Å². The highest BCUT2D eigenvalue weighted by Gasteiger charge is 2.18. The van der Waals surface area contributed by atoms with Crippen LogP contribution in [0.4, 0.5) is 5.82 Å². The zero-order valence-electron chi connectivity index (χ0n) is 10.00. The number of imidazole rings is 1. The van der Waals surface area contributed by atoms with E-state index in [0.29, 0.717) is 6.42 Å². The molecule has 2 aromatic rings. The molecule has 0 aliphatic carbocycles. The average Bonchev–Trinajstić information content (AvgIpc) is 2.91. The number of sulfonamides is 1. The smallest absolute Gasteiger partial charge is 0.244 e. The third-order valence-electron chi connectivity index (χ3n) is 2.44. The van der Waals surface area contributed by atoms with E-state index < -0.39 is 10.0 Å². The van der Waals surface area contributed by atoms with Crippen molar-refractivity contribution in [3.05, 3.63) is 36.5 Å².